The number of likely N-dealkylation sites (N-methyl/N-ethyl adjacent to an activating group) is 1. The molecule has 1 spiro atoms. The number of piperidine rings is 1. The van der Waals surface area contributed by atoms with Crippen LogP contribution in [0.2, 0.25) is 0 Å². The van der Waals surface area contributed by atoms with Crippen LogP contribution in [0.25, 0.3) is 0 Å². The van der Waals surface area contributed by atoms with Crippen molar-refractivity contribution in [2.24, 2.45) is 0 Å². The van der Waals surface area contributed by atoms with Gasteiger partial charge in [0.2, 0.25) is 5.91 Å². The number of amides is 1. The molecule has 2 aliphatic rings. The van der Waals surface area contributed by atoms with Crippen molar-refractivity contribution >= 4 is 5.91 Å². The minimum atomic E-state index is -0.189. The number of hydrogen-bond acceptors (Lipinski definition) is 3. The molecule has 4 heteroatoms. The molecule has 0 aliphatic carbocycles. The first-order chi connectivity index (χ1) is 5.76. The van der Waals surface area contributed by atoms with Gasteiger partial charge in [-0.1, -0.05) is 0 Å². The molecular weight excluding hydrogens is 154 g/mol. The van der Waals surface area contributed by atoms with Crippen LogP contribution in [0, 0.1) is 0 Å². The van der Waals surface area contributed by atoms with Crippen LogP contribution in [0.4, 0.5) is 0 Å². The normalized spacial score (nSPS) is 29.2. The van der Waals surface area contributed by atoms with Gasteiger partial charge < -0.3 is 10.6 Å². The zero-order chi connectivity index (χ0) is 8.60. The summed E-state index contributed by atoms with van der Waals surface area (Å²) in [4.78, 5) is 13.7. The standard InChI is InChI=1S/C8H15N3O/c1-11-6-10-7(12)8(11)2-4-9-5-3-8/h9H,2-6H2,1H3,(H,10,12). The maximum atomic E-state index is 11.6. The second kappa shape index (κ2) is 2.71. The van der Waals surface area contributed by atoms with Crippen LogP contribution in [-0.4, -0.2) is 43.2 Å². The van der Waals surface area contributed by atoms with Gasteiger partial charge in [0.1, 0.15) is 5.54 Å². The highest BCUT2D eigenvalue weighted by Gasteiger charge is 2.46. The summed E-state index contributed by atoms with van der Waals surface area (Å²) in [6.45, 7) is 2.62. The Balaban J connectivity index is 2.20. The van der Waals surface area contributed by atoms with Crippen LogP contribution >= 0.6 is 0 Å². The van der Waals surface area contributed by atoms with Crippen LogP contribution in [0.5, 0.6) is 0 Å². The van der Waals surface area contributed by atoms with E-state index in [1.165, 1.54) is 0 Å². The zero-order valence-corrected chi connectivity index (χ0v) is 7.39. The van der Waals surface area contributed by atoms with Crippen LogP contribution in [0.15, 0.2) is 0 Å². The molecule has 0 saturated carbocycles. The maximum Gasteiger partial charge on any atom is 0.241 e. The average Bonchev–Trinajstić information content (AvgIpc) is 2.36. The first kappa shape index (κ1) is 8.01. The molecule has 2 heterocycles. The quantitative estimate of drug-likeness (QED) is 0.495. The van der Waals surface area contributed by atoms with E-state index in [-0.39, 0.29) is 11.4 Å². The van der Waals surface area contributed by atoms with Crippen molar-refractivity contribution < 1.29 is 4.79 Å². The monoisotopic (exact) mass is 169 g/mol. The van der Waals surface area contributed by atoms with Crippen LogP contribution in [-0.2, 0) is 4.79 Å². The molecule has 1 amide bonds. The molecule has 0 aromatic rings. The Hall–Kier alpha value is -0.610. The molecule has 0 aromatic carbocycles. The number of carbonyl (C=O) groups is 1. The summed E-state index contributed by atoms with van der Waals surface area (Å²) >= 11 is 0. The van der Waals surface area contributed by atoms with E-state index in [4.69, 9.17) is 0 Å². The fourth-order valence-electron chi connectivity index (χ4n) is 2.13. The van der Waals surface area contributed by atoms with Crippen molar-refractivity contribution in [3.05, 3.63) is 0 Å². The smallest absolute Gasteiger partial charge is 0.241 e. The van der Waals surface area contributed by atoms with Crippen molar-refractivity contribution in [3.63, 3.8) is 0 Å². The first-order valence-corrected chi connectivity index (χ1v) is 4.46. The third-order valence-corrected chi connectivity index (χ3v) is 3.06. The summed E-state index contributed by atoms with van der Waals surface area (Å²) in [6.07, 6.45) is 1.88. The Labute approximate surface area is 72.3 Å². The van der Waals surface area contributed by atoms with Crippen molar-refractivity contribution in [3.8, 4) is 0 Å². The molecule has 2 saturated heterocycles. The van der Waals surface area contributed by atoms with E-state index in [0.717, 1.165) is 25.9 Å². The Kier molecular flexibility index (Phi) is 1.81. The lowest BCUT2D eigenvalue weighted by atomic mass is 9.87. The summed E-state index contributed by atoms with van der Waals surface area (Å²) in [5.74, 6) is 0.214. The predicted octanol–water partition coefficient (Wildman–Crippen LogP) is -0.872. The van der Waals surface area contributed by atoms with E-state index in [9.17, 15) is 4.79 Å². The van der Waals surface area contributed by atoms with Crippen LogP contribution in [0.1, 0.15) is 12.8 Å². The second-order valence-electron chi connectivity index (χ2n) is 3.64. The predicted molar refractivity (Wildman–Crippen MR) is 45.6 cm³/mol. The molecule has 68 valence electrons. The number of rotatable bonds is 0. The minimum Gasteiger partial charge on any atom is -0.342 e. The summed E-state index contributed by atoms with van der Waals surface area (Å²) in [6, 6.07) is 0. The van der Waals surface area contributed by atoms with E-state index in [1.54, 1.807) is 0 Å². The van der Waals surface area contributed by atoms with Gasteiger partial charge in [0.05, 0.1) is 6.67 Å². The van der Waals surface area contributed by atoms with E-state index >= 15 is 0 Å². The van der Waals surface area contributed by atoms with E-state index in [1.807, 2.05) is 7.05 Å². The second-order valence-corrected chi connectivity index (χ2v) is 3.64. The number of nitrogens with zero attached hydrogens (tertiary/aromatic N) is 1. The molecule has 12 heavy (non-hydrogen) atoms. The molecule has 2 rings (SSSR count). The van der Waals surface area contributed by atoms with Crippen molar-refractivity contribution in [2.75, 3.05) is 26.8 Å². The van der Waals surface area contributed by atoms with Gasteiger partial charge >= 0.3 is 0 Å². The van der Waals surface area contributed by atoms with E-state index in [0.29, 0.717) is 6.67 Å². The Bertz CT molecular complexity index is 198. The molecule has 0 radical (unpaired) electrons. The number of carbonyl (C=O) groups excluding carboxylic acids is 1. The van der Waals surface area contributed by atoms with Gasteiger partial charge in [0, 0.05) is 0 Å². The lowest BCUT2D eigenvalue weighted by molar-refractivity contribution is -0.127. The summed E-state index contributed by atoms with van der Waals surface area (Å²) < 4.78 is 0. The minimum absolute atomic E-state index is 0.189. The number of nitrogens with one attached hydrogen (secondary N) is 2. The third-order valence-electron chi connectivity index (χ3n) is 3.06. The summed E-state index contributed by atoms with van der Waals surface area (Å²) in [7, 11) is 2.02. The molecule has 0 aromatic heterocycles. The molecule has 0 atom stereocenters. The number of hydrogen-bond donors (Lipinski definition) is 2. The molecule has 0 unspecified atom stereocenters. The zero-order valence-electron chi connectivity index (χ0n) is 7.39. The molecule has 2 aliphatic heterocycles. The molecule has 2 fully saturated rings. The Morgan fingerprint density at radius 1 is 1.42 bits per heavy atom. The van der Waals surface area contributed by atoms with E-state index < -0.39 is 0 Å². The summed E-state index contributed by atoms with van der Waals surface area (Å²) in [5.41, 5.74) is -0.189. The summed E-state index contributed by atoms with van der Waals surface area (Å²) in [5, 5.41) is 6.16. The third kappa shape index (κ3) is 0.949. The molecule has 4 nitrogen and oxygen atoms in total. The molecule has 2 N–H and O–H groups in total. The fraction of sp³-hybridized carbons (Fsp3) is 0.875. The highest BCUT2D eigenvalue weighted by molar-refractivity contribution is 5.88. The highest BCUT2D eigenvalue weighted by Crippen LogP contribution is 2.27. The van der Waals surface area contributed by atoms with Gasteiger partial charge in [-0.15, -0.1) is 0 Å². The van der Waals surface area contributed by atoms with Crippen LogP contribution < -0.4 is 10.6 Å². The van der Waals surface area contributed by atoms with E-state index in [2.05, 4.69) is 15.5 Å². The van der Waals surface area contributed by atoms with Crippen molar-refractivity contribution in [1.82, 2.24) is 15.5 Å². The van der Waals surface area contributed by atoms with Gasteiger partial charge in [0.25, 0.3) is 0 Å². The average molecular weight is 169 g/mol. The van der Waals surface area contributed by atoms with Gasteiger partial charge in [0.15, 0.2) is 0 Å². The van der Waals surface area contributed by atoms with Crippen molar-refractivity contribution in [2.45, 2.75) is 18.4 Å². The lowest BCUT2D eigenvalue weighted by Crippen LogP contribution is -2.53. The van der Waals surface area contributed by atoms with Gasteiger partial charge in [-0.3, -0.25) is 9.69 Å². The SMILES string of the molecule is CN1CNC(=O)C12CCNCC2. The lowest BCUT2D eigenvalue weighted by Gasteiger charge is -2.36. The first-order valence-electron chi connectivity index (χ1n) is 4.46. The maximum absolute atomic E-state index is 11.6. The van der Waals surface area contributed by atoms with Gasteiger partial charge in [-0.05, 0) is 33.0 Å². The largest absolute Gasteiger partial charge is 0.342 e. The highest BCUT2D eigenvalue weighted by atomic mass is 16.2. The topological polar surface area (TPSA) is 44.4 Å². The fourth-order valence-corrected chi connectivity index (χ4v) is 2.13. The molecular formula is C8H15N3O. The van der Waals surface area contributed by atoms with Crippen molar-refractivity contribution in [1.29, 1.82) is 0 Å². The van der Waals surface area contributed by atoms with Gasteiger partial charge in [-0.25, -0.2) is 0 Å². The molecule has 0 bridgehead atoms. The van der Waals surface area contributed by atoms with Crippen LogP contribution in [0.3, 0.4) is 0 Å². The Morgan fingerprint density at radius 3 is 2.58 bits per heavy atom. The Morgan fingerprint density at radius 2 is 2.08 bits per heavy atom. The van der Waals surface area contributed by atoms with Gasteiger partial charge in [-0.2, -0.15) is 0 Å².